The van der Waals surface area contributed by atoms with Crippen molar-refractivity contribution in [3.8, 4) is 5.75 Å². The lowest BCUT2D eigenvalue weighted by Crippen LogP contribution is -2.31. The minimum atomic E-state index is -3.72. The molecule has 0 bridgehead atoms. The predicted molar refractivity (Wildman–Crippen MR) is 113 cm³/mol. The first kappa shape index (κ1) is 20.4. The van der Waals surface area contributed by atoms with Gasteiger partial charge in [-0.2, -0.15) is 0 Å². The third-order valence-electron chi connectivity index (χ3n) is 4.20. The lowest BCUT2D eigenvalue weighted by atomic mass is 10.2. The van der Waals surface area contributed by atoms with Crippen molar-refractivity contribution in [3.05, 3.63) is 90.5 Å². The normalized spacial score (nSPS) is 10.9. The Labute approximate surface area is 170 Å². The smallest absolute Gasteiger partial charge is 0.261 e. The number of anilines is 1. The molecule has 150 valence electrons. The molecule has 0 aliphatic carbocycles. The molecular weight excluding hydrogens is 388 g/mol. The van der Waals surface area contributed by atoms with Gasteiger partial charge in [0.15, 0.2) is 0 Å². The largest absolute Gasteiger partial charge is 0.492 e. The molecule has 7 heteroatoms. The van der Waals surface area contributed by atoms with Gasteiger partial charge >= 0.3 is 0 Å². The van der Waals surface area contributed by atoms with E-state index in [1.807, 2.05) is 30.3 Å². The lowest BCUT2D eigenvalue weighted by molar-refractivity contribution is 0.0774. The molecule has 3 aromatic carbocycles. The fraction of sp³-hybridized carbons (Fsp3) is 0.136. The van der Waals surface area contributed by atoms with E-state index in [2.05, 4.69) is 4.72 Å². The second kappa shape index (κ2) is 9.25. The Bertz CT molecular complexity index is 1050. The molecule has 1 amide bonds. The summed E-state index contributed by atoms with van der Waals surface area (Å²) in [5.41, 5.74) is 0.717. The first-order valence-corrected chi connectivity index (χ1v) is 10.6. The van der Waals surface area contributed by atoms with Gasteiger partial charge in [-0.25, -0.2) is 8.42 Å². The quantitative estimate of drug-likeness (QED) is 0.615. The van der Waals surface area contributed by atoms with Crippen molar-refractivity contribution < 1.29 is 17.9 Å². The number of benzene rings is 3. The van der Waals surface area contributed by atoms with Gasteiger partial charge in [-0.1, -0.05) is 42.5 Å². The van der Waals surface area contributed by atoms with Crippen LogP contribution in [0.5, 0.6) is 5.75 Å². The third kappa shape index (κ3) is 5.58. The highest BCUT2D eigenvalue weighted by Crippen LogP contribution is 2.18. The van der Waals surface area contributed by atoms with Crippen LogP contribution in [0, 0.1) is 0 Å². The van der Waals surface area contributed by atoms with Crippen LogP contribution in [0.2, 0.25) is 0 Å². The van der Waals surface area contributed by atoms with Crippen LogP contribution >= 0.6 is 0 Å². The van der Waals surface area contributed by atoms with Gasteiger partial charge in [-0.05, 0) is 42.5 Å². The molecule has 0 fully saturated rings. The van der Waals surface area contributed by atoms with Crippen molar-refractivity contribution in [2.24, 2.45) is 0 Å². The van der Waals surface area contributed by atoms with Gasteiger partial charge in [0.05, 0.1) is 11.4 Å². The zero-order valence-corrected chi connectivity index (χ0v) is 16.8. The average molecular weight is 410 g/mol. The predicted octanol–water partition coefficient (Wildman–Crippen LogP) is 3.64. The van der Waals surface area contributed by atoms with E-state index in [1.165, 1.54) is 23.1 Å². The Hall–Kier alpha value is -3.32. The number of carbonyl (C=O) groups excluding carboxylic acids is 1. The Morgan fingerprint density at radius 2 is 1.59 bits per heavy atom. The monoisotopic (exact) mass is 410 g/mol. The van der Waals surface area contributed by atoms with Crippen LogP contribution in [0.1, 0.15) is 10.4 Å². The molecule has 0 heterocycles. The molecule has 0 radical (unpaired) electrons. The summed E-state index contributed by atoms with van der Waals surface area (Å²) in [6, 6.07) is 23.9. The number of nitrogens with one attached hydrogen (secondary N) is 1. The number of sulfonamides is 1. The summed E-state index contributed by atoms with van der Waals surface area (Å²) in [4.78, 5) is 14.4. The van der Waals surface area contributed by atoms with Gasteiger partial charge < -0.3 is 9.64 Å². The van der Waals surface area contributed by atoms with E-state index in [0.717, 1.165) is 5.75 Å². The Kier molecular flexibility index (Phi) is 6.51. The van der Waals surface area contributed by atoms with E-state index < -0.39 is 10.0 Å². The molecule has 0 aliphatic heterocycles. The van der Waals surface area contributed by atoms with E-state index in [4.69, 9.17) is 4.74 Å². The summed E-state index contributed by atoms with van der Waals surface area (Å²) < 4.78 is 33.1. The number of hydrogen-bond donors (Lipinski definition) is 1. The highest BCUT2D eigenvalue weighted by molar-refractivity contribution is 7.92. The van der Waals surface area contributed by atoms with Crippen LogP contribution in [0.4, 0.5) is 5.69 Å². The fourth-order valence-corrected chi connectivity index (χ4v) is 3.74. The number of likely N-dealkylation sites (N-methyl/N-ethyl adjacent to an activating group) is 1. The summed E-state index contributed by atoms with van der Waals surface area (Å²) in [7, 11) is -2.04. The number of nitrogens with zero attached hydrogens (tertiary/aromatic N) is 1. The molecule has 1 N–H and O–H groups in total. The zero-order chi connectivity index (χ0) is 20.7. The highest BCUT2D eigenvalue weighted by atomic mass is 32.2. The maximum Gasteiger partial charge on any atom is 0.261 e. The van der Waals surface area contributed by atoms with Gasteiger partial charge in [0, 0.05) is 18.3 Å². The minimum Gasteiger partial charge on any atom is -0.492 e. The number of rotatable bonds is 8. The Morgan fingerprint density at radius 3 is 2.28 bits per heavy atom. The first-order chi connectivity index (χ1) is 14.0. The topological polar surface area (TPSA) is 75.7 Å². The second-order valence-corrected chi connectivity index (χ2v) is 8.07. The van der Waals surface area contributed by atoms with Crippen LogP contribution in [0.3, 0.4) is 0 Å². The average Bonchev–Trinajstić information content (AvgIpc) is 2.74. The highest BCUT2D eigenvalue weighted by Gasteiger charge is 2.16. The fourth-order valence-electron chi connectivity index (χ4n) is 2.67. The number of amides is 1. The number of ether oxygens (including phenoxy) is 1. The van der Waals surface area contributed by atoms with Crippen molar-refractivity contribution in [1.82, 2.24) is 4.90 Å². The van der Waals surface area contributed by atoms with Crippen molar-refractivity contribution in [2.45, 2.75) is 4.90 Å². The van der Waals surface area contributed by atoms with Crippen molar-refractivity contribution in [2.75, 3.05) is 24.9 Å². The van der Waals surface area contributed by atoms with Crippen LogP contribution in [0.15, 0.2) is 89.8 Å². The second-order valence-electron chi connectivity index (χ2n) is 6.39. The number of hydrogen-bond acceptors (Lipinski definition) is 4. The molecule has 0 aromatic heterocycles. The van der Waals surface area contributed by atoms with E-state index in [9.17, 15) is 13.2 Å². The third-order valence-corrected chi connectivity index (χ3v) is 5.60. The molecule has 3 rings (SSSR count). The summed E-state index contributed by atoms with van der Waals surface area (Å²) in [6.45, 7) is 0.750. The van der Waals surface area contributed by atoms with E-state index >= 15 is 0 Å². The molecule has 0 atom stereocenters. The first-order valence-electron chi connectivity index (χ1n) is 9.07. The van der Waals surface area contributed by atoms with E-state index in [-0.39, 0.29) is 10.8 Å². The van der Waals surface area contributed by atoms with Gasteiger partial charge in [-0.15, -0.1) is 0 Å². The van der Waals surface area contributed by atoms with Gasteiger partial charge in [0.25, 0.3) is 15.9 Å². The molecule has 0 unspecified atom stereocenters. The van der Waals surface area contributed by atoms with Crippen molar-refractivity contribution >= 4 is 21.6 Å². The van der Waals surface area contributed by atoms with Crippen LogP contribution in [0.25, 0.3) is 0 Å². The van der Waals surface area contributed by atoms with Crippen molar-refractivity contribution in [1.29, 1.82) is 0 Å². The van der Waals surface area contributed by atoms with Crippen LogP contribution in [-0.4, -0.2) is 39.4 Å². The Balaban J connectivity index is 1.63. The molecule has 0 aliphatic rings. The minimum absolute atomic E-state index is 0.159. The van der Waals surface area contributed by atoms with Gasteiger partial charge in [0.1, 0.15) is 12.4 Å². The SMILES string of the molecule is CN(CCOc1ccccc1)C(=O)c1cccc(NS(=O)(=O)c2ccccc2)c1. The Morgan fingerprint density at radius 1 is 0.931 bits per heavy atom. The molecule has 0 saturated carbocycles. The van der Waals surface area contributed by atoms with Crippen molar-refractivity contribution in [3.63, 3.8) is 0 Å². The van der Waals surface area contributed by atoms with Gasteiger partial charge in [0.2, 0.25) is 0 Å². The summed E-state index contributed by atoms with van der Waals surface area (Å²) in [6.07, 6.45) is 0. The van der Waals surface area contributed by atoms with Gasteiger partial charge in [-0.3, -0.25) is 9.52 Å². The summed E-state index contributed by atoms with van der Waals surface area (Å²) in [5.74, 6) is 0.521. The van der Waals surface area contributed by atoms with Crippen LogP contribution < -0.4 is 9.46 Å². The van der Waals surface area contributed by atoms with E-state index in [0.29, 0.717) is 24.4 Å². The number of carbonyl (C=O) groups is 1. The molecule has 29 heavy (non-hydrogen) atoms. The summed E-state index contributed by atoms with van der Waals surface area (Å²) >= 11 is 0. The maximum atomic E-state index is 12.7. The zero-order valence-electron chi connectivity index (χ0n) is 16.0. The molecule has 0 saturated heterocycles. The lowest BCUT2D eigenvalue weighted by Gasteiger charge is -2.18. The van der Waals surface area contributed by atoms with Crippen LogP contribution in [-0.2, 0) is 10.0 Å². The molecule has 0 spiro atoms. The standard InChI is InChI=1S/C22H22N2O4S/c1-24(15-16-28-20-11-4-2-5-12-20)22(25)18-9-8-10-19(17-18)23-29(26,27)21-13-6-3-7-14-21/h2-14,17,23H,15-16H2,1H3. The molecular formula is C22H22N2O4S. The maximum absolute atomic E-state index is 12.7. The molecule has 6 nitrogen and oxygen atoms in total. The number of para-hydroxylation sites is 1. The molecule has 3 aromatic rings. The summed E-state index contributed by atoms with van der Waals surface area (Å²) in [5, 5.41) is 0. The van der Waals surface area contributed by atoms with E-state index in [1.54, 1.807) is 43.4 Å².